The molecule has 1 aliphatic rings. The van der Waals surface area contributed by atoms with Gasteiger partial charge in [0, 0.05) is 36.8 Å². The molecule has 0 saturated carbocycles. The number of pyridine rings is 1. The van der Waals surface area contributed by atoms with E-state index in [1.165, 1.54) is 22.3 Å². The number of carboxylic acids is 1. The van der Waals surface area contributed by atoms with E-state index in [-0.39, 0.29) is 11.8 Å². The highest BCUT2D eigenvalue weighted by Crippen LogP contribution is 2.39. The molecule has 1 aliphatic heterocycles. The Hall–Kier alpha value is -2.20. The standard InChI is InChI=1S/C27H38N2O2/c1-7-19-11-10-12-20(8-2)26(19)24-13-21(9-3)25(18(6)28-24)22-15-29(14-17(4)5)16-23(22)27(30)31/h10-13,17,22-23H,7-9,14-16H2,1-6H3,(H,30,31). The summed E-state index contributed by atoms with van der Waals surface area (Å²) in [5.41, 5.74) is 8.36. The number of rotatable bonds is 8. The maximum Gasteiger partial charge on any atom is 0.308 e. The number of hydrogen-bond acceptors (Lipinski definition) is 3. The fraction of sp³-hybridized carbons (Fsp3) is 0.556. The van der Waals surface area contributed by atoms with Crippen LogP contribution in [0.15, 0.2) is 24.3 Å². The smallest absolute Gasteiger partial charge is 0.308 e. The second-order valence-corrected chi connectivity index (χ2v) is 9.34. The van der Waals surface area contributed by atoms with E-state index in [0.29, 0.717) is 12.5 Å². The van der Waals surface area contributed by atoms with E-state index in [2.05, 4.69) is 70.7 Å². The molecule has 1 saturated heterocycles. The number of carbonyl (C=O) groups is 1. The van der Waals surface area contributed by atoms with Crippen molar-refractivity contribution in [2.45, 2.75) is 66.7 Å². The molecule has 0 spiro atoms. The molecule has 0 radical (unpaired) electrons. The van der Waals surface area contributed by atoms with Crippen LogP contribution in [0.5, 0.6) is 0 Å². The molecule has 4 heteroatoms. The zero-order valence-corrected chi connectivity index (χ0v) is 20.0. The number of carboxylic acid groups (broad SMARTS) is 1. The van der Waals surface area contributed by atoms with Crippen LogP contribution in [-0.2, 0) is 24.1 Å². The molecule has 2 unspecified atom stereocenters. The van der Waals surface area contributed by atoms with Gasteiger partial charge in [-0.15, -0.1) is 0 Å². The molecule has 1 aromatic carbocycles. The number of likely N-dealkylation sites (tertiary alicyclic amines) is 1. The Labute approximate surface area is 187 Å². The maximum atomic E-state index is 12.1. The third kappa shape index (κ3) is 4.85. The number of aliphatic carboxylic acids is 1. The van der Waals surface area contributed by atoms with Gasteiger partial charge in [-0.05, 0) is 60.4 Å². The van der Waals surface area contributed by atoms with Gasteiger partial charge < -0.3 is 10.0 Å². The molecule has 2 aromatic rings. The Morgan fingerprint density at radius 2 is 1.71 bits per heavy atom. The second-order valence-electron chi connectivity index (χ2n) is 9.34. The summed E-state index contributed by atoms with van der Waals surface area (Å²) < 4.78 is 0. The minimum Gasteiger partial charge on any atom is -0.481 e. The second kappa shape index (κ2) is 9.95. The molecule has 1 fully saturated rings. The zero-order chi connectivity index (χ0) is 22.7. The van der Waals surface area contributed by atoms with Gasteiger partial charge in [0.1, 0.15) is 0 Å². The maximum absolute atomic E-state index is 12.1. The van der Waals surface area contributed by atoms with Crippen LogP contribution in [0.1, 0.15) is 68.5 Å². The third-order valence-electron chi connectivity index (χ3n) is 6.68. The summed E-state index contributed by atoms with van der Waals surface area (Å²) >= 11 is 0. The van der Waals surface area contributed by atoms with E-state index in [1.54, 1.807) is 0 Å². The molecule has 0 aliphatic carbocycles. The molecule has 2 atom stereocenters. The molecule has 1 aromatic heterocycles. The lowest BCUT2D eigenvalue weighted by Crippen LogP contribution is -2.26. The predicted molar refractivity (Wildman–Crippen MR) is 128 cm³/mol. The monoisotopic (exact) mass is 422 g/mol. The molecule has 1 N–H and O–H groups in total. The molecule has 168 valence electrons. The van der Waals surface area contributed by atoms with Crippen molar-refractivity contribution >= 4 is 5.97 Å². The Morgan fingerprint density at radius 3 is 2.23 bits per heavy atom. The van der Waals surface area contributed by atoms with E-state index < -0.39 is 5.97 Å². The van der Waals surface area contributed by atoms with Crippen LogP contribution in [0.3, 0.4) is 0 Å². The largest absolute Gasteiger partial charge is 0.481 e. The minimum atomic E-state index is -0.689. The Morgan fingerprint density at radius 1 is 1.10 bits per heavy atom. The lowest BCUT2D eigenvalue weighted by atomic mass is 9.83. The van der Waals surface area contributed by atoms with Crippen LogP contribution in [0.4, 0.5) is 0 Å². The quantitative estimate of drug-likeness (QED) is 0.610. The van der Waals surface area contributed by atoms with Crippen molar-refractivity contribution in [1.82, 2.24) is 9.88 Å². The SMILES string of the molecule is CCc1cccc(CC)c1-c1cc(CC)c(C2CN(CC(C)C)CC2C(=O)O)c(C)n1. The van der Waals surface area contributed by atoms with Gasteiger partial charge in [-0.3, -0.25) is 9.78 Å². The van der Waals surface area contributed by atoms with Gasteiger partial charge in [-0.1, -0.05) is 52.8 Å². The molecule has 4 nitrogen and oxygen atoms in total. The lowest BCUT2D eigenvalue weighted by molar-refractivity contribution is -0.141. The van der Waals surface area contributed by atoms with Crippen LogP contribution in [0, 0.1) is 18.8 Å². The first kappa shape index (κ1) is 23.5. The van der Waals surface area contributed by atoms with Gasteiger partial charge in [0.05, 0.1) is 11.6 Å². The first-order valence-electron chi connectivity index (χ1n) is 11.9. The number of nitrogens with zero attached hydrogens (tertiary/aromatic N) is 2. The van der Waals surface area contributed by atoms with Crippen molar-refractivity contribution in [3.8, 4) is 11.3 Å². The third-order valence-corrected chi connectivity index (χ3v) is 6.68. The van der Waals surface area contributed by atoms with Crippen molar-refractivity contribution in [3.05, 3.63) is 52.2 Å². The molecule has 31 heavy (non-hydrogen) atoms. The lowest BCUT2D eigenvalue weighted by Gasteiger charge is -2.23. The zero-order valence-electron chi connectivity index (χ0n) is 20.0. The molecule has 3 rings (SSSR count). The van der Waals surface area contributed by atoms with E-state index in [1.807, 2.05) is 0 Å². The minimum absolute atomic E-state index is 0.000172. The Balaban J connectivity index is 2.10. The van der Waals surface area contributed by atoms with E-state index in [0.717, 1.165) is 49.3 Å². The molecular formula is C27H38N2O2. The highest BCUT2D eigenvalue weighted by atomic mass is 16.4. The fourth-order valence-corrected chi connectivity index (χ4v) is 5.34. The number of hydrogen-bond donors (Lipinski definition) is 1. The summed E-state index contributed by atoms with van der Waals surface area (Å²) in [6.07, 6.45) is 2.83. The highest BCUT2D eigenvalue weighted by molar-refractivity contribution is 5.73. The average Bonchev–Trinajstić information content (AvgIpc) is 3.15. The summed E-state index contributed by atoms with van der Waals surface area (Å²) in [7, 11) is 0. The van der Waals surface area contributed by atoms with Crippen molar-refractivity contribution in [3.63, 3.8) is 0 Å². The van der Waals surface area contributed by atoms with Crippen LogP contribution >= 0.6 is 0 Å². The molecule has 0 bridgehead atoms. The van der Waals surface area contributed by atoms with Crippen molar-refractivity contribution in [1.29, 1.82) is 0 Å². The number of aromatic nitrogens is 1. The van der Waals surface area contributed by atoms with E-state index in [4.69, 9.17) is 4.98 Å². The number of aryl methyl sites for hydroxylation is 4. The Bertz CT molecular complexity index is 913. The molecular weight excluding hydrogens is 384 g/mol. The first-order valence-corrected chi connectivity index (χ1v) is 11.9. The van der Waals surface area contributed by atoms with Crippen LogP contribution in [0.25, 0.3) is 11.3 Å². The van der Waals surface area contributed by atoms with E-state index in [9.17, 15) is 9.90 Å². The van der Waals surface area contributed by atoms with Gasteiger partial charge in [0.25, 0.3) is 0 Å². The van der Waals surface area contributed by atoms with E-state index >= 15 is 0 Å². The van der Waals surface area contributed by atoms with Gasteiger partial charge in [0.15, 0.2) is 0 Å². The van der Waals surface area contributed by atoms with Gasteiger partial charge in [-0.2, -0.15) is 0 Å². The van der Waals surface area contributed by atoms with Crippen LogP contribution < -0.4 is 0 Å². The summed E-state index contributed by atoms with van der Waals surface area (Å²) in [5, 5.41) is 9.97. The van der Waals surface area contributed by atoms with Crippen LogP contribution in [0.2, 0.25) is 0 Å². The topological polar surface area (TPSA) is 53.4 Å². The van der Waals surface area contributed by atoms with Crippen molar-refractivity contribution in [2.24, 2.45) is 11.8 Å². The van der Waals surface area contributed by atoms with Gasteiger partial charge >= 0.3 is 5.97 Å². The fourth-order valence-electron chi connectivity index (χ4n) is 5.34. The normalized spacial score (nSPS) is 19.3. The predicted octanol–water partition coefficient (Wildman–Crippen LogP) is 5.50. The van der Waals surface area contributed by atoms with Crippen molar-refractivity contribution < 1.29 is 9.90 Å². The highest BCUT2D eigenvalue weighted by Gasteiger charge is 2.40. The number of benzene rings is 1. The van der Waals surface area contributed by atoms with Crippen LogP contribution in [-0.4, -0.2) is 40.6 Å². The molecule has 0 amide bonds. The average molecular weight is 423 g/mol. The first-order chi connectivity index (χ1) is 14.8. The van der Waals surface area contributed by atoms with Gasteiger partial charge in [-0.25, -0.2) is 0 Å². The summed E-state index contributed by atoms with van der Waals surface area (Å²) in [4.78, 5) is 19.5. The van der Waals surface area contributed by atoms with Crippen molar-refractivity contribution in [2.75, 3.05) is 19.6 Å². The summed E-state index contributed by atoms with van der Waals surface area (Å²) in [6, 6.07) is 8.78. The molecule has 2 heterocycles. The summed E-state index contributed by atoms with van der Waals surface area (Å²) in [6.45, 7) is 15.4. The van der Waals surface area contributed by atoms with Gasteiger partial charge in [0.2, 0.25) is 0 Å². The Kier molecular flexibility index (Phi) is 7.53. The summed E-state index contributed by atoms with van der Waals surface area (Å²) in [5.74, 6) is -0.533.